The summed E-state index contributed by atoms with van der Waals surface area (Å²) in [6.07, 6.45) is 2.61. The third kappa shape index (κ3) is 3.23. The van der Waals surface area contributed by atoms with Crippen LogP contribution in [0.1, 0.15) is 32.3 Å². The number of hydrogen-bond donors (Lipinski definition) is 0. The number of carbonyl (C=O) groups is 2. The number of anilines is 1. The van der Waals surface area contributed by atoms with Crippen LogP contribution in [-0.4, -0.2) is 66.2 Å². The van der Waals surface area contributed by atoms with Gasteiger partial charge in [-0.2, -0.15) is 4.31 Å². The van der Waals surface area contributed by atoms with Crippen LogP contribution in [0.4, 0.5) is 5.69 Å². The first-order chi connectivity index (χ1) is 13.2. The Labute approximate surface area is 170 Å². The van der Waals surface area contributed by atoms with Crippen molar-refractivity contribution in [1.82, 2.24) is 9.21 Å². The molecule has 2 heterocycles. The van der Waals surface area contributed by atoms with E-state index in [9.17, 15) is 18.0 Å². The van der Waals surface area contributed by atoms with Gasteiger partial charge in [-0.3, -0.25) is 9.59 Å². The van der Waals surface area contributed by atoms with Crippen LogP contribution in [0.5, 0.6) is 0 Å². The number of thioether (sulfide) groups is 1. The number of fused-ring (bicyclic) bond motifs is 1. The van der Waals surface area contributed by atoms with Gasteiger partial charge >= 0.3 is 0 Å². The van der Waals surface area contributed by atoms with Gasteiger partial charge < -0.3 is 9.80 Å². The van der Waals surface area contributed by atoms with E-state index in [1.165, 1.54) is 23.0 Å². The molecule has 1 saturated heterocycles. The molecule has 7 nitrogen and oxygen atoms in total. The maximum Gasteiger partial charge on any atom is 0.244 e. The predicted octanol–water partition coefficient (Wildman–Crippen LogP) is 1.67. The van der Waals surface area contributed by atoms with Gasteiger partial charge in [0.25, 0.3) is 0 Å². The summed E-state index contributed by atoms with van der Waals surface area (Å²) in [4.78, 5) is 28.3. The average Bonchev–Trinajstić information content (AvgIpc) is 3.26. The number of hydrogen-bond acceptors (Lipinski definition) is 5. The molecular formula is C19H25N3O4S2. The first-order valence-electron chi connectivity index (χ1n) is 9.51. The maximum absolute atomic E-state index is 13.3. The standard InChI is InChI=1S/C19H25N3O4S2/c1-12-8-14-9-16(6-7-17(14)22(12)13(2)23)28(25,26)21-11-27-10-18(21)19(24)20(3)15-4-5-15/h6-7,9,12,15,18H,4-5,8,10-11H2,1-3H3. The highest BCUT2D eigenvalue weighted by molar-refractivity contribution is 8.00. The van der Waals surface area contributed by atoms with Gasteiger partial charge in [0.15, 0.2) is 0 Å². The summed E-state index contributed by atoms with van der Waals surface area (Å²) in [6, 6.07) is 4.54. The summed E-state index contributed by atoms with van der Waals surface area (Å²) < 4.78 is 28.0. The molecule has 2 fully saturated rings. The van der Waals surface area contributed by atoms with E-state index >= 15 is 0 Å². The van der Waals surface area contributed by atoms with Gasteiger partial charge in [-0.1, -0.05) is 0 Å². The Morgan fingerprint density at radius 1 is 1.25 bits per heavy atom. The first-order valence-corrected chi connectivity index (χ1v) is 12.1. The molecule has 1 aromatic rings. The van der Waals surface area contributed by atoms with Crippen LogP contribution in [-0.2, 0) is 26.0 Å². The smallest absolute Gasteiger partial charge is 0.244 e. The summed E-state index contributed by atoms with van der Waals surface area (Å²) in [5.74, 6) is 0.597. The van der Waals surface area contributed by atoms with Crippen LogP contribution in [0.25, 0.3) is 0 Å². The van der Waals surface area contributed by atoms with Crippen LogP contribution in [0, 0.1) is 0 Å². The SMILES string of the molecule is CC(=O)N1c2ccc(S(=O)(=O)N3CSCC3C(=O)N(C)C3CC3)cc2CC1C. The van der Waals surface area contributed by atoms with Gasteiger partial charge in [0.05, 0.1) is 10.8 Å². The molecule has 2 aliphatic heterocycles. The van der Waals surface area contributed by atoms with Crippen molar-refractivity contribution in [2.75, 3.05) is 23.6 Å². The Morgan fingerprint density at radius 2 is 1.96 bits per heavy atom. The zero-order valence-electron chi connectivity index (χ0n) is 16.3. The number of rotatable bonds is 4. The number of benzene rings is 1. The molecule has 0 radical (unpaired) electrons. The summed E-state index contributed by atoms with van der Waals surface area (Å²) in [5.41, 5.74) is 1.63. The highest BCUT2D eigenvalue weighted by atomic mass is 32.2. The van der Waals surface area contributed by atoms with Gasteiger partial charge in [-0.15, -0.1) is 11.8 Å². The van der Waals surface area contributed by atoms with E-state index in [1.54, 1.807) is 35.0 Å². The van der Waals surface area contributed by atoms with Crippen molar-refractivity contribution in [2.45, 2.75) is 56.1 Å². The third-order valence-corrected chi connectivity index (χ3v) is 8.81. The van der Waals surface area contributed by atoms with E-state index in [1.807, 2.05) is 6.92 Å². The fourth-order valence-electron chi connectivity index (χ4n) is 4.12. The van der Waals surface area contributed by atoms with Crippen LogP contribution in [0.2, 0.25) is 0 Å². The second-order valence-electron chi connectivity index (χ2n) is 7.82. The minimum absolute atomic E-state index is 0.00862. The lowest BCUT2D eigenvalue weighted by atomic mass is 10.1. The maximum atomic E-state index is 13.3. The molecule has 1 aromatic carbocycles. The number of likely N-dealkylation sites (N-methyl/N-ethyl adjacent to an activating group) is 1. The molecule has 152 valence electrons. The summed E-state index contributed by atoms with van der Waals surface area (Å²) in [6.45, 7) is 3.47. The number of amides is 2. The van der Waals surface area contributed by atoms with E-state index in [0.29, 0.717) is 12.2 Å². The van der Waals surface area contributed by atoms with Crippen molar-refractivity contribution < 1.29 is 18.0 Å². The van der Waals surface area contributed by atoms with Gasteiger partial charge in [-0.25, -0.2) is 8.42 Å². The molecule has 2 atom stereocenters. The van der Waals surface area contributed by atoms with E-state index < -0.39 is 16.1 Å². The van der Waals surface area contributed by atoms with E-state index in [0.717, 1.165) is 24.1 Å². The van der Waals surface area contributed by atoms with E-state index in [2.05, 4.69) is 0 Å². The van der Waals surface area contributed by atoms with Crippen molar-refractivity contribution in [3.63, 3.8) is 0 Å². The number of sulfonamides is 1. The average molecular weight is 424 g/mol. The Balaban J connectivity index is 1.62. The zero-order chi connectivity index (χ0) is 20.2. The molecule has 4 rings (SSSR count). The molecule has 28 heavy (non-hydrogen) atoms. The normalized spacial score (nSPS) is 25.0. The van der Waals surface area contributed by atoms with E-state index in [4.69, 9.17) is 0 Å². The molecule has 2 unspecified atom stereocenters. The van der Waals surface area contributed by atoms with E-state index in [-0.39, 0.29) is 34.7 Å². The molecule has 0 N–H and O–H groups in total. The fraction of sp³-hybridized carbons (Fsp3) is 0.579. The second kappa shape index (κ2) is 7.03. The largest absolute Gasteiger partial charge is 0.341 e. The predicted molar refractivity (Wildman–Crippen MR) is 109 cm³/mol. The van der Waals surface area contributed by atoms with Crippen molar-refractivity contribution in [3.05, 3.63) is 23.8 Å². The van der Waals surface area contributed by atoms with Crippen LogP contribution >= 0.6 is 11.8 Å². The van der Waals surface area contributed by atoms with Crippen LogP contribution < -0.4 is 4.90 Å². The molecule has 0 spiro atoms. The Hall–Kier alpha value is -1.58. The molecule has 0 bridgehead atoms. The lowest BCUT2D eigenvalue weighted by Gasteiger charge is -2.27. The van der Waals surface area contributed by atoms with Crippen molar-refractivity contribution in [1.29, 1.82) is 0 Å². The number of carbonyl (C=O) groups excluding carboxylic acids is 2. The minimum atomic E-state index is -3.79. The first kappa shape index (κ1) is 19.7. The van der Waals surface area contributed by atoms with Crippen LogP contribution in [0.15, 0.2) is 23.1 Å². The number of nitrogens with zero attached hydrogens (tertiary/aromatic N) is 3. The molecule has 1 aliphatic carbocycles. The highest BCUT2D eigenvalue weighted by Gasteiger charge is 2.44. The fourth-order valence-corrected chi connectivity index (χ4v) is 7.30. The van der Waals surface area contributed by atoms with Crippen molar-refractivity contribution in [2.24, 2.45) is 0 Å². The quantitative estimate of drug-likeness (QED) is 0.736. The summed E-state index contributed by atoms with van der Waals surface area (Å²) in [7, 11) is -2.02. The van der Waals surface area contributed by atoms with Crippen molar-refractivity contribution in [3.8, 4) is 0 Å². The minimum Gasteiger partial charge on any atom is -0.341 e. The van der Waals surface area contributed by atoms with Crippen molar-refractivity contribution >= 4 is 39.3 Å². The molecule has 1 saturated carbocycles. The Bertz CT molecular complexity index is 929. The molecule has 2 amide bonds. The van der Waals surface area contributed by atoms with Gasteiger partial charge in [-0.05, 0) is 49.9 Å². The molecular weight excluding hydrogens is 398 g/mol. The van der Waals surface area contributed by atoms with Gasteiger partial charge in [0.2, 0.25) is 21.8 Å². The summed E-state index contributed by atoms with van der Waals surface area (Å²) >= 11 is 1.47. The lowest BCUT2D eigenvalue weighted by molar-refractivity contribution is -0.133. The zero-order valence-corrected chi connectivity index (χ0v) is 17.9. The molecule has 3 aliphatic rings. The lowest BCUT2D eigenvalue weighted by Crippen LogP contribution is -2.48. The monoisotopic (exact) mass is 423 g/mol. The van der Waals surface area contributed by atoms with Gasteiger partial charge in [0, 0.05) is 37.5 Å². The topological polar surface area (TPSA) is 78.0 Å². The van der Waals surface area contributed by atoms with Gasteiger partial charge in [0.1, 0.15) is 6.04 Å². The molecule has 0 aromatic heterocycles. The van der Waals surface area contributed by atoms with Crippen LogP contribution in [0.3, 0.4) is 0 Å². The third-order valence-electron chi connectivity index (χ3n) is 5.78. The Kier molecular flexibility index (Phi) is 4.96. The Morgan fingerprint density at radius 3 is 2.61 bits per heavy atom. The second-order valence-corrected chi connectivity index (χ2v) is 10.7. The summed E-state index contributed by atoms with van der Waals surface area (Å²) in [5, 5.41) is 0. The molecule has 9 heteroatoms. The highest BCUT2D eigenvalue weighted by Crippen LogP contribution is 2.37.